The number of hydrogen-bond acceptors (Lipinski definition) is 4. The van der Waals surface area contributed by atoms with Crippen LogP contribution in [0.25, 0.3) is 16.8 Å². The van der Waals surface area contributed by atoms with Gasteiger partial charge >= 0.3 is 0 Å². The number of nitrogens with two attached hydrogens (primary N) is 1. The fourth-order valence-corrected chi connectivity index (χ4v) is 1.70. The number of aromatic nitrogens is 3. The third kappa shape index (κ3) is 1.89. The normalized spacial score (nSPS) is 11.2. The molecule has 14 heavy (non-hydrogen) atoms. The highest BCUT2D eigenvalue weighted by atomic mass is 32.1. The van der Waals surface area contributed by atoms with Crippen LogP contribution in [0.4, 0.5) is 0 Å². The monoisotopic (exact) mass is 206 g/mol. The summed E-state index contributed by atoms with van der Waals surface area (Å²) in [5.74, 6) is 1.47. The highest BCUT2D eigenvalue weighted by molar-refractivity contribution is 7.13. The number of H-pyrrole nitrogens is 1. The molecule has 2 rings (SSSR count). The smallest absolute Gasteiger partial charge is 0.191 e. The Balaban J connectivity index is 2.22. The Hall–Kier alpha value is -1.46. The van der Waals surface area contributed by atoms with E-state index in [2.05, 4.69) is 15.2 Å². The minimum absolute atomic E-state index is 0.509. The molecule has 0 aliphatic carbocycles. The van der Waals surface area contributed by atoms with E-state index >= 15 is 0 Å². The summed E-state index contributed by atoms with van der Waals surface area (Å²) in [6.45, 7) is 0.509. The van der Waals surface area contributed by atoms with Crippen molar-refractivity contribution in [1.29, 1.82) is 0 Å². The van der Waals surface area contributed by atoms with Gasteiger partial charge in [-0.15, -0.1) is 11.3 Å². The zero-order chi connectivity index (χ0) is 9.80. The van der Waals surface area contributed by atoms with E-state index in [1.54, 1.807) is 11.3 Å². The summed E-state index contributed by atoms with van der Waals surface area (Å²) in [7, 11) is 0. The van der Waals surface area contributed by atoms with Gasteiger partial charge in [0, 0.05) is 6.54 Å². The summed E-state index contributed by atoms with van der Waals surface area (Å²) < 4.78 is 0. The lowest BCUT2D eigenvalue weighted by atomic mass is 10.4. The predicted molar refractivity (Wildman–Crippen MR) is 57.8 cm³/mol. The van der Waals surface area contributed by atoms with E-state index in [0.29, 0.717) is 6.54 Å². The van der Waals surface area contributed by atoms with Crippen LogP contribution >= 0.6 is 11.3 Å². The summed E-state index contributed by atoms with van der Waals surface area (Å²) in [4.78, 5) is 5.36. The largest absolute Gasteiger partial charge is 0.327 e. The molecule has 2 aromatic heterocycles. The van der Waals surface area contributed by atoms with Gasteiger partial charge in [-0.05, 0) is 17.5 Å². The van der Waals surface area contributed by atoms with E-state index < -0.39 is 0 Å². The molecule has 0 saturated carbocycles. The van der Waals surface area contributed by atoms with Crippen LogP contribution in [0.15, 0.2) is 23.6 Å². The molecule has 0 radical (unpaired) electrons. The molecule has 2 aromatic rings. The van der Waals surface area contributed by atoms with Crippen molar-refractivity contribution in [3.8, 4) is 10.7 Å². The van der Waals surface area contributed by atoms with E-state index in [9.17, 15) is 0 Å². The van der Waals surface area contributed by atoms with Crippen molar-refractivity contribution in [2.75, 3.05) is 6.54 Å². The van der Waals surface area contributed by atoms with Crippen molar-refractivity contribution in [1.82, 2.24) is 15.2 Å². The lowest BCUT2D eigenvalue weighted by Gasteiger charge is -1.83. The standard InChI is InChI=1S/C9H10N4S/c10-5-1-4-8-11-9(13-12-8)7-3-2-6-14-7/h1-4,6H,5,10H2,(H,11,12,13)/b4-1+. The van der Waals surface area contributed by atoms with Crippen molar-refractivity contribution < 1.29 is 0 Å². The van der Waals surface area contributed by atoms with Gasteiger partial charge in [-0.3, -0.25) is 5.10 Å². The van der Waals surface area contributed by atoms with Crippen LogP contribution in [0.5, 0.6) is 0 Å². The third-order valence-corrected chi connectivity index (χ3v) is 2.52. The molecule has 4 nitrogen and oxygen atoms in total. The second kappa shape index (κ2) is 4.17. The SMILES string of the molecule is NC/C=C/c1nc(-c2cccs2)n[nH]1. The number of nitrogens with zero attached hydrogens (tertiary/aromatic N) is 2. The van der Waals surface area contributed by atoms with Gasteiger partial charge < -0.3 is 5.73 Å². The van der Waals surface area contributed by atoms with Gasteiger partial charge in [0.1, 0.15) is 5.82 Å². The highest BCUT2D eigenvalue weighted by Crippen LogP contribution is 2.20. The number of aromatic amines is 1. The van der Waals surface area contributed by atoms with E-state index in [-0.39, 0.29) is 0 Å². The molecular weight excluding hydrogens is 196 g/mol. The van der Waals surface area contributed by atoms with Gasteiger partial charge in [0.2, 0.25) is 0 Å². The van der Waals surface area contributed by atoms with Gasteiger partial charge in [-0.25, -0.2) is 4.98 Å². The highest BCUT2D eigenvalue weighted by Gasteiger charge is 2.03. The molecule has 72 valence electrons. The quantitative estimate of drug-likeness (QED) is 0.799. The summed E-state index contributed by atoms with van der Waals surface area (Å²) in [6, 6.07) is 3.97. The minimum Gasteiger partial charge on any atom is -0.327 e. The van der Waals surface area contributed by atoms with E-state index in [0.717, 1.165) is 16.5 Å². The van der Waals surface area contributed by atoms with Crippen LogP contribution in [0, 0.1) is 0 Å². The third-order valence-electron chi connectivity index (χ3n) is 1.66. The molecule has 0 aliphatic rings. The van der Waals surface area contributed by atoms with E-state index in [1.165, 1.54) is 0 Å². The van der Waals surface area contributed by atoms with Crippen molar-refractivity contribution >= 4 is 17.4 Å². The first-order valence-electron chi connectivity index (χ1n) is 4.23. The molecule has 5 heteroatoms. The fourth-order valence-electron chi connectivity index (χ4n) is 1.04. The summed E-state index contributed by atoms with van der Waals surface area (Å²) in [5, 5.41) is 8.93. The molecule has 3 N–H and O–H groups in total. The Morgan fingerprint density at radius 3 is 3.21 bits per heavy atom. The zero-order valence-corrected chi connectivity index (χ0v) is 8.29. The number of nitrogens with one attached hydrogen (secondary N) is 1. The number of thiophene rings is 1. The molecule has 0 fully saturated rings. The van der Waals surface area contributed by atoms with Crippen LogP contribution in [0.1, 0.15) is 5.82 Å². The molecule has 2 heterocycles. The maximum absolute atomic E-state index is 5.33. The number of hydrogen-bond donors (Lipinski definition) is 2. The van der Waals surface area contributed by atoms with Crippen LogP contribution in [-0.4, -0.2) is 21.7 Å². The Labute approximate surface area is 85.5 Å². The Kier molecular flexibility index (Phi) is 2.71. The Morgan fingerprint density at radius 2 is 2.50 bits per heavy atom. The molecule has 0 bridgehead atoms. The predicted octanol–water partition coefficient (Wildman–Crippen LogP) is 1.51. The molecule has 0 aliphatic heterocycles. The molecule has 0 unspecified atom stereocenters. The summed E-state index contributed by atoms with van der Waals surface area (Å²) in [5.41, 5.74) is 5.33. The van der Waals surface area contributed by atoms with Crippen LogP contribution in [0.3, 0.4) is 0 Å². The van der Waals surface area contributed by atoms with Crippen molar-refractivity contribution in [3.63, 3.8) is 0 Å². The van der Waals surface area contributed by atoms with Crippen LogP contribution < -0.4 is 5.73 Å². The molecular formula is C9H10N4S. The second-order valence-corrected chi connectivity index (χ2v) is 3.61. The first-order valence-corrected chi connectivity index (χ1v) is 5.11. The molecule has 0 spiro atoms. The lowest BCUT2D eigenvalue weighted by Crippen LogP contribution is -1.92. The Morgan fingerprint density at radius 1 is 1.57 bits per heavy atom. The van der Waals surface area contributed by atoms with Crippen LogP contribution in [0.2, 0.25) is 0 Å². The summed E-state index contributed by atoms with van der Waals surface area (Å²) in [6.07, 6.45) is 3.66. The minimum atomic E-state index is 0.509. The zero-order valence-electron chi connectivity index (χ0n) is 7.47. The molecule has 0 amide bonds. The Bertz CT molecular complexity index is 416. The van der Waals surface area contributed by atoms with Gasteiger partial charge in [0.15, 0.2) is 5.82 Å². The van der Waals surface area contributed by atoms with Crippen molar-refractivity contribution in [3.05, 3.63) is 29.4 Å². The number of rotatable bonds is 3. The lowest BCUT2D eigenvalue weighted by molar-refractivity contribution is 1.08. The molecule has 0 saturated heterocycles. The second-order valence-electron chi connectivity index (χ2n) is 2.66. The maximum Gasteiger partial charge on any atom is 0.191 e. The molecule has 0 atom stereocenters. The van der Waals surface area contributed by atoms with Gasteiger partial charge in [0.05, 0.1) is 4.88 Å². The fraction of sp³-hybridized carbons (Fsp3) is 0.111. The summed E-state index contributed by atoms with van der Waals surface area (Å²) >= 11 is 1.62. The first kappa shape index (κ1) is 9.11. The average molecular weight is 206 g/mol. The van der Waals surface area contributed by atoms with Crippen molar-refractivity contribution in [2.24, 2.45) is 5.73 Å². The van der Waals surface area contributed by atoms with E-state index in [4.69, 9.17) is 5.73 Å². The first-order chi connectivity index (χ1) is 6.90. The molecule has 0 aromatic carbocycles. The van der Waals surface area contributed by atoms with Crippen molar-refractivity contribution in [2.45, 2.75) is 0 Å². The van der Waals surface area contributed by atoms with Gasteiger partial charge in [-0.1, -0.05) is 12.1 Å². The van der Waals surface area contributed by atoms with Gasteiger partial charge in [-0.2, -0.15) is 5.10 Å². The van der Waals surface area contributed by atoms with E-state index in [1.807, 2.05) is 29.7 Å². The van der Waals surface area contributed by atoms with Gasteiger partial charge in [0.25, 0.3) is 0 Å². The topological polar surface area (TPSA) is 67.6 Å². The van der Waals surface area contributed by atoms with Crippen LogP contribution in [-0.2, 0) is 0 Å². The maximum atomic E-state index is 5.33. The average Bonchev–Trinajstić information content (AvgIpc) is 2.85.